The first-order valence-electron chi connectivity index (χ1n) is 5.53. The number of carbonyl (C=O) groups excluding carboxylic acids is 1. The maximum Gasteiger partial charge on any atom is 0.323 e. The van der Waals surface area contributed by atoms with Crippen molar-refractivity contribution in [1.82, 2.24) is 5.32 Å². The molecule has 0 aliphatic carbocycles. The maximum atomic E-state index is 11.3. The zero-order valence-corrected chi connectivity index (χ0v) is 12.5. The Labute approximate surface area is 127 Å². The minimum atomic E-state index is -0.303. The van der Waals surface area contributed by atoms with E-state index in [-0.39, 0.29) is 30.5 Å². The number of hydrogen-bond donors (Lipinski definition) is 1. The van der Waals surface area contributed by atoms with Gasteiger partial charge in [-0.2, -0.15) is 0 Å². The molecule has 1 saturated heterocycles. The number of esters is 1. The molecule has 1 N–H and O–H groups in total. The van der Waals surface area contributed by atoms with Crippen LogP contribution in [0.15, 0.2) is 18.2 Å². The van der Waals surface area contributed by atoms with E-state index < -0.39 is 0 Å². The van der Waals surface area contributed by atoms with Crippen LogP contribution in [0.1, 0.15) is 6.42 Å². The highest BCUT2D eigenvalue weighted by atomic mass is 35.5. The zero-order valence-electron chi connectivity index (χ0n) is 10.2. The average Bonchev–Trinajstić information content (AvgIpc) is 2.81. The van der Waals surface area contributed by atoms with E-state index in [0.717, 1.165) is 0 Å². The van der Waals surface area contributed by atoms with Gasteiger partial charge in [-0.05, 0) is 12.1 Å². The largest absolute Gasteiger partial charge is 0.489 e. The maximum absolute atomic E-state index is 11.3. The third-order valence-corrected chi connectivity index (χ3v) is 3.51. The highest BCUT2D eigenvalue weighted by Gasteiger charge is 2.31. The predicted molar refractivity (Wildman–Crippen MR) is 76.5 cm³/mol. The van der Waals surface area contributed by atoms with Crippen molar-refractivity contribution in [2.75, 3.05) is 13.7 Å². The van der Waals surface area contributed by atoms with Crippen LogP contribution in [-0.4, -0.2) is 31.8 Å². The fourth-order valence-electron chi connectivity index (χ4n) is 1.86. The van der Waals surface area contributed by atoms with E-state index in [1.54, 1.807) is 18.2 Å². The van der Waals surface area contributed by atoms with Gasteiger partial charge in [0, 0.05) is 19.0 Å². The van der Waals surface area contributed by atoms with E-state index in [9.17, 15) is 4.79 Å². The standard InChI is InChI=1S/C12H13Cl2NO3.ClH/c1-17-12(16)11-5-8(6-15-11)18-7-2-3-9(13)10(14)4-7;/h2-4,8,11,15H,5-6H2,1H3;1H/t8-,11-;/m1./s1. The molecule has 1 aromatic rings. The third kappa shape index (κ3) is 4.14. The van der Waals surface area contributed by atoms with E-state index in [2.05, 4.69) is 10.1 Å². The molecular weight excluding hydrogens is 312 g/mol. The lowest BCUT2D eigenvalue weighted by molar-refractivity contribution is -0.142. The van der Waals surface area contributed by atoms with Gasteiger partial charge in [0.15, 0.2) is 0 Å². The van der Waals surface area contributed by atoms with Crippen LogP contribution < -0.4 is 10.1 Å². The molecule has 0 aromatic heterocycles. The van der Waals surface area contributed by atoms with Gasteiger partial charge >= 0.3 is 5.97 Å². The molecule has 1 fully saturated rings. The summed E-state index contributed by atoms with van der Waals surface area (Å²) in [5.41, 5.74) is 0. The fraction of sp³-hybridized carbons (Fsp3) is 0.417. The van der Waals surface area contributed by atoms with E-state index in [1.165, 1.54) is 7.11 Å². The topological polar surface area (TPSA) is 47.6 Å². The van der Waals surface area contributed by atoms with Crippen LogP contribution in [-0.2, 0) is 9.53 Å². The highest BCUT2D eigenvalue weighted by molar-refractivity contribution is 6.42. The van der Waals surface area contributed by atoms with Crippen molar-refractivity contribution in [1.29, 1.82) is 0 Å². The summed E-state index contributed by atoms with van der Waals surface area (Å²) in [6.45, 7) is 0.597. The second-order valence-electron chi connectivity index (χ2n) is 4.04. The molecule has 1 heterocycles. The number of halogens is 3. The Morgan fingerprint density at radius 2 is 2.11 bits per heavy atom. The van der Waals surface area contributed by atoms with Crippen molar-refractivity contribution in [3.05, 3.63) is 28.2 Å². The van der Waals surface area contributed by atoms with Gasteiger partial charge in [0.1, 0.15) is 17.9 Å². The summed E-state index contributed by atoms with van der Waals surface area (Å²) < 4.78 is 10.4. The van der Waals surface area contributed by atoms with Gasteiger partial charge in [0.2, 0.25) is 0 Å². The third-order valence-electron chi connectivity index (χ3n) is 2.77. The van der Waals surface area contributed by atoms with Crippen LogP contribution in [0, 0.1) is 0 Å². The van der Waals surface area contributed by atoms with Crippen LogP contribution in [0.3, 0.4) is 0 Å². The fourth-order valence-corrected chi connectivity index (χ4v) is 2.15. The number of hydrogen-bond acceptors (Lipinski definition) is 4. The first-order chi connectivity index (χ1) is 8.60. The summed E-state index contributed by atoms with van der Waals surface area (Å²) in [7, 11) is 1.37. The summed E-state index contributed by atoms with van der Waals surface area (Å²) in [6.07, 6.45) is 0.499. The molecule has 0 amide bonds. The quantitative estimate of drug-likeness (QED) is 0.868. The Bertz CT molecular complexity index is 456. The van der Waals surface area contributed by atoms with Gasteiger partial charge in [-0.3, -0.25) is 4.79 Å². The molecular formula is C12H14Cl3NO3. The lowest BCUT2D eigenvalue weighted by Gasteiger charge is -2.13. The van der Waals surface area contributed by atoms with Crippen LogP contribution >= 0.6 is 35.6 Å². The number of benzene rings is 1. The molecule has 4 nitrogen and oxygen atoms in total. The van der Waals surface area contributed by atoms with Crippen molar-refractivity contribution in [2.24, 2.45) is 0 Å². The number of methoxy groups -OCH3 is 1. The number of carbonyl (C=O) groups is 1. The monoisotopic (exact) mass is 325 g/mol. The van der Waals surface area contributed by atoms with E-state index >= 15 is 0 Å². The first-order valence-corrected chi connectivity index (χ1v) is 6.28. The lowest BCUT2D eigenvalue weighted by atomic mass is 10.2. The minimum absolute atomic E-state index is 0. The van der Waals surface area contributed by atoms with Gasteiger partial charge in [-0.25, -0.2) is 0 Å². The average molecular weight is 327 g/mol. The highest BCUT2D eigenvalue weighted by Crippen LogP contribution is 2.27. The molecule has 0 unspecified atom stereocenters. The molecule has 0 spiro atoms. The summed E-state index contributed by atoms with van der Waals surface area (Å²) in [5.74, 6) is 0.372. The van der Waals surface area contributed by atoms with Gasteiger partial charge in [-0.15, -0.1) is 12.4 Å². The summed E-state index contributed by atoms with van der Waals surface area (Å²) in [6, 6.07) is 4.79. The van der Waals surface area contributed by atoms with Crippen LogP contribution in [0.4, 0.5) is 0 Å². The Balaban J connectivity index is 0.00000180. The lowest BCUT2D eigenvalue weighted by Crippen LogP contribution is -2.31. The molecule has 106 valence electrons. The molecule has 2 atom stereocenters. The van der Waals surface area contributed by atoms with Crippen molar-refractivity contribution in [3.63, 3.8) is 0 Å². The van der Waals surface area contributed by atoms with Crippen LogP contribution in [0.5, 0.6) is 5.75 Å². The molecule has 0 bridgehead atoms. The van der Waals surface area contributed by atoms with Crippen molar-refractivity contribution in [2.45, 2.75) is 18.6 Å². The second kappa shape index (κ2) is 7.20. The Morgan fingerprint density at radius 3 is 2.74 bits per heavy atom. The predicted octanol–water partition coefficient (Wildman–Crippen LogP) is 2.70. The molecule has 0 radical (unpaired) electrons. The number of rotatable bonds is 3. The Hall–Kier alpha value is -0.680. The number of ether oxygens (including phenoxy) is 2. The summed E-state index contributed by atoms with van der Waals surface area (Å²) >= 11 is 11.7. The van der Waals surface area contributed by atoms with Crippen LogP contribution in [0.25, 0.3) is 0 Å². The van der Waals surface area contributed by atoms with Gasteiger partial charge in [0.05, 0.1) is 17.2 Å². The van der Waals surface area contributed by atoms with Crippen molar-refractivity contribution < 1.29 is 14.3 Å². The van der Waals surface area contributed by atoms with Crippen molar-refractivity contribution in [3.8, 4) is 5.75 Å². The summed E-state index contributed by atoms with van der Waals surface area (Å²) in [4.78, 5) is 11.3. The Morgan fingerprint density at radius 1 is 1.37 bits per heavy atom. The molecule has 1 aliphatic rings. The Kier molecular flexibility index (Phi) is 6.20. The molecule has 1 aliphatic heterocycles. The van der Waals surface area contributed by atoms with Crippen LogP contribution in [0.2, 0.25) is 10.0 Å². The van der Waals surface area contributed by atoms with E-state index in [4.69, 9.17) is 27.9 Å². The number of nitrogens with one attached hydrogen (secondary N) is 1. The van der Waals surface area contributed by atoms with Gasteiger partial charge in [0.25, 0.3) is 0 Å². The minimum Gasteiger partial charge on any atom is -0.489 e. The molecule has 0 saturated carbocycles. The molecule has 1 aromatic carbocycles. The zero-order chi connectivity index (χ0) is 13.1. The van der Waals surface area contributed by atoms with E-state index in [1.807, 2.05) is 0 Å². The smallest absolute Gasteiger partial charge is 0.323 e. The van der Waals surface area contributed by atoms with Crippen molar-refractivity contribution >= 4 is 41.6 Å². The van der Waals surface area contributed by atoms with Gasteiger partial charge < -0.3 is 14.8 Å². The SMILES string of the molecule is COC(=O)[C@H]1C[C@@H](Oc2ccc(Cl)c(Cl)c2)CN1.Cl. The van der Waals surface area contributed by atoms with Gasteiger partial charge in [-0.1, -0.05) is 23.2 Å². The normalized spacial score (nSPS) is 21.6. The molecule has 19 heavy (non-hydrogen) atoms. The summed E-state index contributed by atoms with van der Waals surface area (Å²) in [5, 5.41) is 3.98. The molecule has 7 heteroatoms. The van der Waals surface area contributed by atoms with E-state index in [0.29, 0.717) is 28.8 Å². The first kappa shape index (κ1) is 16.4. The molecule has 2 rings (SSSR count). The second-order valence-corrected chi connectivity index (χ2v) is 4.85.